The van der Waals surface area contributed by atoms with Crippen LogP contribution in [0, 0.1) is 0 Å². The molecular weight excluding hydrogens is 172 g/mol. The molecule has 1 saturated carbocycles. The van der Waals surface area contributed by atoms with Crippen LogP contribution in [0.15, 0.2) is 24.3 Å². The van der Waals surface area contributed by atoms with Crippen molar-refractivity contribution < 1.29 is 0 Å². The van der Waals surface area contributed by atoms with Crippen molar-refractivity contribution in [2.24, 2.45) is 5.84 Å². The molecule has 0 aromatic heterocycles. The topological polar surface area (TPSA) is 38.0 Å². The summed E-state index contributed by atoms with van der Waals surface area (Å²) in [5, 5.41) is 0. The van der Waals surface area contributed by atoms with Gasteiger partial charge in [0.2, 0.25) is 0 Å². The van der Waals surface area contributed by atoms with Crippen LogP contribution in [-0.4, -0.2) is 0 Å². The van der Waals surface area contributed by atoms with E-state index in [1.54, 1.807) is 0 Å². The average molecular weight is 185 g/mol. The average Bonchev–Trinajstić information content (AvgIpc) is 2.87. The van der Waals surface area contributed by atoms with Crippen molar-refractivity contribution in [2.45, 2.75) is 18.8 Å². The first-order valence-electron chi connectivity index (χ1n) is 3.97. The molecule has 0 atom stereocenters. The van der Waals surface area contributed by atoms with E-state index in [2.05, 4.69) is 17.6 Å². The monoisotopic (exact) mass is 184 g/mol. The Bertz CT molecular complexity index is 241. The van der Waals surface area contributed by atoms with Crippen LogP contribution >= 0.6 is 12.4 Å². The Balaban J connectivity index is 0.000000720. The molecule has 2 nitrogen and oxygen atoms in total. The number of rotatable bonds is 2. The van der Waals surface area contributed by atoms with Gasteiger partial charge in [0.1, 0.15) is 0 Å². The summed E-state index contributed by atoms with van der Waals surface area (Å²) in [6.45, 7) is 0. The number of hydrogen-bond acceptors (Lipinski definition) is 2. The van der Waals surface area contributed by atoms with Crippen LogP contribution in [0.5, 0.6) is 0 Å². The van der Waals surface area contributed by atoms with Gasteiger partial charge in [0, 0.05) is 5.69 Å². The van der Waals surface area contributed by atoms with Gasteiger partial charge in [-0.25, -0.2) is 0 Å². The molecule has 3 N–H and O–H groups in total. The number of hydrogen-bond donors (Lipinski definition) is 2. The number of halogens is 1. The predicted octanol–water partition coefficient (Wildman–Crippen LogP) is 2.27. The minimum Gasteiger partial charge on any atom is -0.324 e. The van der Waals surface area contributed by atoms with Crippen LogP contribution in [0.4, 0.5) is 5.69 Å². The lowest BCUT2D eigenvalue weighted by Gasteiger charge is -2.00. The number of hydrazine groups is 1. The summed E-state index contributed by atoms with van der Waals surface area (Å²) in [5.74, 6) is 6.08. The maximum atomic E-state index is 5.24. The van der Waals surface area contributed by atoms with Crippen LogP contribution in [0.25, 0.3) is 0 Å². The second-order valence-corrected chi connectivity index (χ2v) is 3.04. The fourth-order valence-electron chi connectivity index (χ4n) is 1.27. The van der Waals surface area contributed by atoms with Crippen molar-refractivity contribution in [1.82, 2.24) is 0 Å². The van der Waals surface area contributed by atoms with Crippen molar-refractivity contribution in [3.05, 3.63) is 29.8 Å². The Labute approximate surface area is 78.5 Å². The lowest BCUT2D eigenvalue weighted by Crippen LogP contribution is -2.06. The summed E-state index contributed by atoms with van der Waals surface area (Å²) in [5.41, 5.74) is 5.04. The number of benzene rings is 1. The van der Waals surface area contributed by atoms with Gasteiger partial charge < -0.3 is 5.43 Å². The smallest absolute Gasteiger partial charge is 0.0485 e. The number of nitrogen functional groups attached to an aromatic ring is 1. The SMILES string of the molecule is Cl.NNc1ccc(C2CC2)cc1. The summed E-state index contributed by atoms with van der Waals surface area (Å²) in [4.78, 5) is 0. The van der Waals surface area contributed by atoms with Crippen molar-refractivity contribution in [3.8, 4) is 0 Å². The molecule has 0 amide bonds. The van der Waals surface area contributed by atoms with Gasteiger partial charge in [-0.15, -0.1) is 12.4 Å². The predicted molar refractivity (Wildman–Crippen MR) is 53.5 cm³/mol. The van der Waals surface area contributed by atoms with E-state index in [4.69, 9.17) is 5.84 Å². The highest BCUT2D eigenvalue weighted by atomic mass is 35.5. The second-order valence-electron chi connectivity index (χ2n) is 3.04. The van der Waals surface area contributed by atoms with E-state index in [-0.39, 0.29) is 12.4 Å². The summed E-state index contributed by atoms with van der Waals surface area (Å²) in [7, 11) is 0. The molecule has 1 aliphatic carbocycles. The Kier molecular flexibility index (Phi) is 2.95. The first-order valence-corrected chi connectivity index (χ1v) is 3.97. The second kappa shape index (κ2) is 3.78. The van der Waals surface area contributed by atoms with Crippen molar-refractivity contribution in [1.29, 1.82) is 0 Å². The van der Waals surface area contributed by atoms with Gasteiger partial charge >= 0.3 is 0 Å². The largest absolute Gasteiger partial charge is 0.324 e. The van der Waals surface area contributed by atoms with E-state index in [1.165, 1.54) is 18.4 Å². The van der Waals surface area contributed by atoms with Gasteiger partial charge in [-0.05, 0) is 36.5 Å². The minimum absolute atomic E-state index is 0. The Morgan fingerprint density at radius 2 is 1.75 bits per heavy atom. The Hall–Kier alpha value is -0.730. The van der Waals surface area contributed by atoms with Crippen LogP contribution in [0.1, 0.15) is 24.3 Å². The third-order valence-electron chi connectivity index (χ3n) is 2.13. The van der Waals surface area contributed by atoms with Gasteiger partial charge in [0.15, 0.2) is 0 Å². The summed E-state index contributed by atoms with van der Waals surface area (Å²) in [6, 6.07) is 8.33. The molecule has 12 heavy (non-hydrogen) atoms. The molecule has 0 radical (unpaired) electrons. The van der Waals surface area contributed by atoms with Gasteiger partial charge in [0.05, 0.1) is 0 Å². The molecule has 1 aromatic carbocycles. The molecule has 0 aliphatic heterocycles. The zero-order valence-corrected chi connectivity index (χ0v) is 7.60. The molecule has 0 bridgehead atoms. The lowest BCUT2D eigenvalue weighted by atomic mass is 10.1. The quantitative estimate of drug-likeness (QED) is 0.547. The zero-order valence-electron chi connectivity index (χ0n) is 6.79. The van der Waals surface area contributed by atoms with E-state index in [9.17, 15) is 0 Å². The standard InChI is InChI=1S/C9H12N2.ClH/c10-11-9-5-3-8(4-6-9)7-1-2-7;/h3-7,11H,1-2,10H2;1H. The van der Waals surface area contributed by atoms with E-state index < -0.39 is 0 Å². The number of anilines is 1. The molecule has 2 rings (SSSR count). The molecule has 1 aromatic rings. The zero-order chi connectivity index (χ0) is 7.68. The number of nitrogens with two attached hydrogens (primary N) is 1. The van der Waals surface area contributed by atoms with Gasteiger partial charge in [-0.2, -0.15) is 0 Å². The molecule has 66 valence electrons. The molecule has 0 spiro atoms. The highest BCUT2D eigenvalue weighted by Crippen LogP contribution is 2.40. The van der Waals surface area contributed by atoms with Gasteiger partial charge in [0.25, 0.3) is 0 Å². The maximum absolute atomic E-state index is 5.24. The van der Waals surface area contributed by atoms with E-state index in [1.807, 2.05) is 12.1 Å². The van der Waals surface area contributed by atoms with Crippen molar-refractivity contribution in [3.63, 3.8) is 0 Å². The van der Waals surface area contributed by atoms with Crippen LogP contribution < -0.4 is 11.3 Å². The van der Waals surface area contributed by atoms with Crippen molar-refractivity contribution in [2.75, 3.05) is 5.43 Å². The Morgan fingerprint density at radius 1 is 1.17 bits per heavy atom. The van der Waals surface area contributed by atoms with E-state index in [0.29, 0.717) is 0 Å². The van der Waals surface area contributed by atoms with Gasteiger partial charge in [-0.1, -0.05) is 12.1 Å². The fraction of sp³-hybridized carbons (Fsp3) is 0.333. The highest BCUT2D eigenvalue weighted by Gasteiger charge is 2.22. The van der Waals surface area contributed by atoms with Crippen LogP contribution in [0.3, 0.4) is 0 Å². The van der Waals surface area contributed by atoms with E-state index in [0.717, 1.165) is 11.6 Å². The fourth-order valence-corrected chi connectivity index (χ4v) is 1.27. The molecular formula is C9H13ClN2. The Morgan fingerprint density at radius 3 is 2.17 bits per heavy atom. The summed E-state index contributed by atoms with van der Waals surface area (Å²) in [6.07, 6.45) is 2.71. The molecule has 3 heteroatoms. The van der Waals surface area contributed by atoms with Gasteiger partial charge in [-0.3, -0.25) is 5.84 Å². The summed E-state index contributed by atoms with van der Waals surface area (Å²) >= 11 is 0. The molecule has 0 saturated heterocycles. The van der Waals surface area contributed by atoms with Crippen LogP contribution in [-0.2, 0) is 0 Å². The van der Waals surface area contributed by atoms with E-state index >= 15 is 0 Å². The maximum Gasteiger partial charge on any atom is 0.0485 e. The minimum atomic E-state index is 0. The summed E-state index contributed by atoms with van der Waals surface area (Å²) < 4.78 is 0. The molecule has 1 fully saturated rings. The molecule has 0 unspecified atom stereocenters. The first-order chi connectivity index (χ1) is 5.40. The lowest BCUT2D eigenvalue weighted by molar-refractivity contribution is 1.13. The third kappa shape index (κ3) is 1.90. The van der Waals surface area contributed by atoms with Crippen molar-refractivity contribution >= 4 is 18.1 Å². The third-order valence-corrected chi connectivity index (χ3v) is 2.13. The normalized spacial score (nSPS) is 15.1. The molecule has 1 aliphatic rings. The van der Waals surface area contributed by atoms with Crippen LogP contribution in [0.2, 0.25) is 0 Å². The number of nitrogens with one attached hydrogen (secondary N) is 1. The highest BCUT2D eigenvalue weighted by molar-refractivity contribution is 5.85. The first kappa shape index (κ1) is 9.36. The molecule has 0 heterocycles.